The van der Waals surface area contributed by atoms with Gasteiger partial charge in [-0.25, -0.2) is 0 Å². The Morgan fingerprint density at radius 2 is 1.84 bits per heavy atom. The van der Waals surface area contributed by atoms with E-state index in [1.54, 1.807) is 4.90 Å². The molecule has 0 aliphatic heterocycles. The molecule has 0 spiro atoms. The molecule has 1 aromatic carbocycles. The van der Waals surface area contributed by atoms with Crippen LogP contribution in [0, 0.1) is 5.92 Å². The molecule has 1 rings (SSSR count). The van der Waals surface area contributed by atoms with Crippen molar-refractivity contribution in [2.75, 3.05) is 13.6 Å². The molecule has 1 amide bonds. The molecule has 3 unspecified atom stereocenters. The summed E-state index contributed by atoms with van der Waals surface area (Å²) in [6.45, 7) is 6.73. The molecular formula is C16H26N2O. The number of nitrogens with two attached hydrogens (primary N) is 1. The predicted octanol–water partition coefficient (Wildman–Crippen LogP) is 2.62. The Balaban J connectivity index is 3.02. The Kier molecular flexibility index (Phi) is 6.03. The minimum atomic E-state index is -0.0785. The highest BCUT2D eigenvalue weighted by molar-refractivity contribution is 5.84. The molecule has 106 valence electrons. The standard InChI is InChI=1S/C16H26N2O/c1-5-12(2)15(14-9-7-6-8-10-14)16(19)18(4)13(3)11-17/h6-10,12-13,15H,5,11,17H2,1-4H3. The van der Waals surface area contributed by atoms with Crippen LogP contribution in [0.25, 0.3) is 0 Å². The van der Waals surface area contributed by atoms with E-state index in [9.17, 15) is 4.79 Å². The summed E-state index contributed by atoms with van der Waals surface area (Å²) in [4.78, 5) is 14.5. The largest absolute Gasteiger partial charge is 0.341 e. The van der Waals surface area contributed by atoms with Crippen LogP contribution in [-0.4, -0.2) is 30.4 Å². The van der Waals surface area contributed by atoms with Crippen LogP contribution < -0.4 is 5.73 Å². The van der Waals surface area contributed by atoms with Gasteiger partial charge in [-0.1, -0.05) is 50.6 Å². The fourth-order valence-electron chi connectivity index (χ4n) is 2.21. The Bertz CT molecular complexity index is 391. The zero-order valence-corrected chi connectivity index (χ0v) is 12.5. The molecule has 0 aliphatic rings. The monoisotopic (exact) mass is 262 g/mol. The first-order chi connectivity index (χ1) is 9.02. The van der Waals surface area contributed by atoms with Gasteiger partial charge in [-0.3, -0.25) is 4.79 Å². The number of hydrogen-bond donors (Lipinski definition) is 1. The molecule has 3 heteroatoms. The maximum Gasteiger partial charge on any atom is 0.230 e. The van der Waals surface area contributed by atoms with E-state index in [1.165, 1.54) is 0 Å². The van der Waals surface area contributed by atoms with Crippen LogP contribution in [0.4, 0.5) is 0 Å². The van der Waals surface area contributed by atoms with Gasteiger partial charge in [-0.05, 0) is 18.4 Å². The molecule has 0 bridgehead atoms. The average Bonchev–Trinajstić information content (AvgIpc) is 2.46. The number of amides is 1. The topological polar surface area (TPSA) is 46.3 Å². The highest BCUT2D eigenvalue weighted by Crippen LogP contribution is 2.29. The van der Waals surface area contributed by atoms with Gasteiger partial charge < -0.3 is 10.6 Å². The molecule has 2 N–H and O–H groups in total. The van der Waals surface area contributed by atoms with Crippen molar-refractivity contribution >= 4 is 5.91 Å². The quantitative estimate of drug-likeness (QED) is 0.856. The summed E-state index contributed by atoms with van der Waals surface area (Å²) in [5, 5.41) is 0. The van der Waals surface area contributed by atoms with Crippen LogP contribution in [0.2, 0.25) is 0 Å². The first-order valence-electron chi connectivity index (χ1n) is 7.04. The van der Waals surface area contributed by atoms with Crippen molar-refractivity contribution < 1.29 is 4.79 Å². The van der Waals surface area contributed by atoms with Crippen molar-refractivity contribution in [3.63, 3.8) is 0 Å². The molecule has 0 saturated carbocycles. The van der Waals surface area contributed by atoms with E-state index in [1.807, 2.05) is 44.3 Å². The zero-order valence-electron chi connectivity index (χ0n) is 12.5. The Hall–Kier alpha value is -1.35. The van der Waals surface area contributed by atoms with Crippen molar-refractivity contribution in [1.29, 1.82) is 0 Å². The lowest BCUT2D eigenvalue weighted by Crippen LogP contribution is -2.43. The summed E-state index contributed by atoms with van der Waals surface area (Å²) >= 11 is 0. The van der Waals surface area contributed by atoms with Crippen molar-refractivity contribution in [2.24, 2.45) is 11.7 Å². The molecule has 0 heterocycles. The van der Waals surface area contributed by atoms with E-state index < -0.39 is 0 Å². The van der Waals surface area contributed by atoms with E-state index in [-0.39, 0.29) is 17.9 Å². The first-order valence-corrected chi connectivity index (χ1v) is 7.04. The van der Waals surface area contributed by atoms with Crippen molar-refractivity contribution in [3.8, 4) is 0 Å². The second-order valence-electron chi connectivity index (χ2n) is 5.31. The van der Waals surface area contributed by atoms with Gasteiger partial charge in [-0.2, -0.15) is 0 Å². The predicted molar refractivity (Wildman–Crippen MR) is 79.9 cm³/mol. The van der Waals surface area contributed by atoms with Gasteiger partial charge >= 0.3 is 0 Å². The molecule has 0 saturated heterocycles. The molecular weight excluding hydrogens is 236 g/mol. The van der Waals surface area contributed by atoms with E-state index in [2.05, 4.69) is 13.8 Å². The number of nitrogens with zero attached hydrogens (tertiary/aromatic N) is 1. The van der Waals surface area contributed by atoms with Crippen LogP contribution in [-0.2, 0) is 4.79 Å². The second kappa shape index (κ2) is 7.29. The van der Waals surface area contributed by atoms with Crippen molar-refractivity contribution in [1.82, 2.24) is 4.90 Å². The highest BCUT2D eigenvalue weighted by Gasteiger charge is 2.29. The minimum Gasteiger partial charge on any atom is -0.341 e. The third-order valence-electron chi connectivity index (χ3n) is 3.99. The first kappa shape index (κ1) is 15.7. The summed E-state index contributed by atoms with van der Waals surface area (Å²) < 4.78 is 0. The van der Waals surface area contributed by atoms with Gasteiger partial charge in [0.2, 0.25) is 5.91 Å². The summed E-state index contributed by atoms with van der Waals surface area (Å²) in [6.07, 6.45) is 0.982. The fourth-order valence-corrected chi connectivity index (χ4v) is 2.21. The third-order valence-corrected chi connectivity index (χ3v) is 3.99. The van der Waals surface area contributed by atoms with E-state index >= 15 is 0 Å². The zero-order chi connectivity index (χ0) is 14.4. The summed E-state index contributed by atoms with van der Waals surface area (Å²) in [7, 11) is 1.85. The molecule has 0 radical (unpaired) electrons. The van der Waals surface area contributed by atoms with E-state index in [0.717, 1.165) is 12.0 Å². The molecule has 1 aromatic rings. The van der Waals surface area contributed by atoms with Crippen LogP contribution in [0.5, 0.6) is 0 Å². The number of benzene rings is 1. The lowest BCUT2D eigenvalue weighted by atomic mass is 9.84. The number of carbonyl (C=O) groups excluding carboxylic acids is 1. The molecule has 3 nitrogen and oxygen atoms in total. The number of likely N-dealkylation sites (N-methyl/N-ethyl adjacent to an activating group) is 1. The fraction of sp³-hybridized carbons (Fsp3) is 0.562. The van der Waals surface area contributed by atoms with Crippen LogP contribution >= 0.6 is 0 Å². The van der Waals surface area contributed by atoms with Crippen molar-refractivity contribution in [2.45, 2.75) is 39.2 Å². The lowest BCUT2D eigenvalue weighted by Gasteiger charge is -2.31. The molecule has 19 heavy (non-hydrogen) atoms. The Morgan fingerprint density at radius 3 is 2.32 bits per heavy atom. The minimum absolute atomic E-state index is 0.0720. The molecule has 3 atom stereocenters. The Labute approximate surface area is 116 Å². The number of hydrogen-bond acceptors (Lipinski definition) is 2. The van der Waals surface area contributed by atoms with Gasteiger partial charge in [0.05, 0.1) is 5.92 Å². The average molecular weight is 262 g/mol. The van der Waals surface area contributed by atoms with Gasteiger partial charge in [-0.15, -0.1) is 0 Å². The van der Waals surface area contributed by atoms with Gasteiger partial charge in [0.25, 0.3) is 0 Å². The molecule has 0 fully saturated rings. The van der Waals surface area contributed by atoms with Crippen LogP contribution in [0.15, 0.2) is 30.3 Å². The summed E-state index contributed by atoms with van der Waals surface area (Å²) in [5.74, 6) is 0.408. The van der Waals surface area contributed by atoms with Gasteiger partial charge in [0.15, 0.2) is 0 Å². The summed E-state index contributed by atoms with van der Waals surface area (Å²) in [5.41, 5.74) is 6.76. The lowest BCUT2D eigenvalue weighted by molar-refractivity contribution is -0.134. The van der Waals surface area contributed by atoms with Gasteiger partial charge in [0, 0.05) is 19.6 Å². The maximum absolute atomic E-state index is 12.7. The third kappa shape index (κ3) is 3.80. The number of carbonyl (C=O) groups is 1. The normalized spacial score (nSPS) is 15.6. The van der Waals surface area contributed by atoms with Gasteiger partial charge in [0.1, 0.15) is 0 Å². The van der Waals surface area contributed by atoms with E-state index in [0.29, 0.717) is 12.5 Å². The highest BCUT2D eigenvalue weighted by atomic mass is 16.2. The molecule has 0 aromatic heterocycles. The summed E-state index contributed by atoms with van der Waals surface area (Å²) in [6, 6.07) is 10.1. The van der Waals surface area contributed by atoms with Crippen molar-refractivity contribution in [3.05, 3.63) is 35.9 Å². The Morgan fingerprint density at radius 1 is 1.26 bits per heavy atom. The smallest absolute Gasteiger partial charge is 0.230 e. The van der Waals surface area contributed by atoms with Crippen LogP contribution in [0.1, 0.15) is 38.7 Å². The second-order valence-corrected chi connectivity index (χ2v) is 5.31. The molecule has 0 aliphatic carbocycles. The maximum atomic E-state index is 12.7. The van der Waals surface area contributed by atoms with E-state index in [4.69, 9.17) is 5.73 Å². The van der Waals surface area contributed by atoms with Crippen LogP contribution in [0.3, 0.4) is 0 Å². The SMILES string of the molecule is CCC(C)C(C(=O)N(C)C(C)CN)c1ccccc1. The number of rotatable bonds is 6.